The first-order valence-corrected chi connectivity index (χ1v) is 7.43. The maximum atomic E-state index is 10.7. The van der Waals surface area contributed by atoms with Gasteiger partial charge in [0, 0.05) is 19.0 Å². The molecule has 3 unspecified atom stereocenters. The van der Waals surface area contributed by atoms with Crippen molar-refractivity contribution in [2.45, 2.75) is 57.6 Å². The Kier molecular flexibility index (Phi) is 6.42. The fourth-order valence-corrected chi connectivity index (χ4v) is 2.91. The van der Waals surface area contributed by atoms with Crippen LogP contribution in [0.3, 0.4) is 0 Å². The predicted octanol–water partition coefficient (Wildman–Crippen LogP) is 1.41. The molecule has 1 saturated heterocycles. The molecule has 18 heavy (non-hydrogen) atoms. The van der Waals surface area contributed by atoms with Crippen LogP contribution < -0.4 is 0 Å². The van der Waals surface area contributed by atoms with Gasteiger partial charge in [0.15, 0.2) is 0 Å². The molecule has 0 amide bonds. The quantitative estimate of drug-likeness (QED) is 0.542. The van der Waals surface area contributed by atoms with E-state index in [2.05, 4.69) is 11.8 Å². The summed E-state index contributed by atoms with van der Waals surface area (Å²) < 4.78 is 26.4. The number of aldehydes is 1. The summed E-state index contributed by atoms with van der Waals surface area (Å²) in [6.07, 6.45) is 5.44. The van der Waals surface area contributed by atoms with Crippen LogP contribution in [0, 0.1) is 0 Å². The van der Waals surface area contributed by atoms with Crippen LogP contribution in [-0.2, 0) is 20.3 Å². The minimum Gasteiger partial charge on any atom is -0.750 e. The Labute approximate surface area is 111 Å². The number of hydrogen-bond donors (Lipinski definition) is 0. The van der Waals surface area contributed by atoms with Gasteiger partial charge in [0.1, 0.15) is 11.9 Å². The van der Waals surface area contributed by atoms with Gasteiger partial charge in [-0.2, -0.15) is 0 Å². The van der Waals surface area contributed by atoms with Gasteiger partial charge in [-0.1, -0.05) is 12.8 Å². The van der Waals surface area contributed by atoms with Crippen molar-refractivity contribution in [1.82, 2.24) is 4.90 Å². The second-order valence-electron chi connectivity index (χ2n) is 5.28. The lowest BCUT2D eigenvalue weighted by atomic mass is 10.0. The number of rotatable bonds is 6. The van der Waals surface area contributed by atoms with Crippen molar-refractivity contribution in [2.75, 3.05) is 13.1 Å². The molecule has 0 spiro atoms. The summed E-state index contributed by atoms with van der Waals surface area (Å²) in [6, 6.07) is 0.405. The van der Waals surface area contributed by atoms with Gasteiger partial charge in [-0.05, 0) is 33.2 Å². The zero-order valence-electron chi connectivity index (χ0n) is 11.1. The summed E-state index contributed by atoms with van der Waals surface area (Å²) in [7, 11) is 0. The molecule has 1 heterocycles. The van der Waals surface area contributed by atoms with E-state index in [0.717, 1.165) is 25.7 Å². The summed E-state index contributed by atoms with van der Waals surface area (Å²) in [5.41, 5.74) is -0.951. The van der Waals surface area contributed by atoms with Crippen LogP contribution >= 0.6 is 0 Å². The highest BCUT2D eigenvalue weighted by Gasteiger charge is 2.31. The molecule has 0 bridgehead atoms. The van der Waals surface area contributed by atoms with Crippen molar-refractivity contribution in [1.29, 1.82) is 0 Å². The van der Waals surface area contributed by atoms with Gasteiger partial charge < -0.3 is 9.35 Å². The molecule has 106 valence electrons. The summed E-state index contributed by atoms with van der Waals surface area (Å²) in [5, 5.41) is 0. The average Bonchev–Trinajstić information content (AvgIpc) is 2.43. The molecule has 0 saturated carbocycles. The molecule has 1 fully saturated rings. The molecule has 3 atom stereocenters. The van der Waals surface area contributed by atoms with E-state index in [-0.39, 0.29) is 6.42 Å². The van der Waals surface area contributed by atoms with E-state index < -0.39 is 17.0 Å². The number of likely N-dealkylation sites (tertiary alicyclic amines) is 1. The Morgan fingerprint density at radius 1 is 1.50 bits per heavy atom. The van der Waals surface area contributed by atoms with Crippen molar-refractivity contribution in [3.8, 4) is 0 Å². The number of hydrogen-bond acceptors (Lipinski definition) is 5. The summed E-state index contributed by atoms with van der Waals surface area (Å²) in [4.78, 5) is 12.9. The molecular formula is C12H22NO4S-. The lowest BCUT2D eigenvalue weighted by molar-refractivity contribution is -0.111. The molecule has 0 aromatic heterocycles. The van der Waals surface area contributed by atoms with Crippen LogP contribution in [0.15, 0.2) is 0 Å². The number of carbonyl (C=O) groups is 1. The maximum Gasteiger partial charge on any atom is 0.122 e. The molecule has 0 aromatic rings. The molecule has 1 aliphatic heterocycles. The predicted molar refractivity (Wildman–Crippen MR) is 68.6 cm³/mol. The van der Waals surface area contributed by atoms with Crippen LogP contribution in [-0.4, -0.2) is 44.7 Å². The van der Waals surface area contributed by atoms with E-state index in [0.29, 0.717) is 12.6 Å². The molecule has 1 aliphatic rings. The fraction of sp³-hybridized carbons (Fsp3) is 0.917. The van der Waals surface area contributed by atoms with Gasteiger partial charge in [0.2, 0.25) is 0 Å². The zero-order valence-corrected chi connectivity index (χ0v) is 11.9. The van der Waals surface area contributed by atoms with Gasteiger partial charge in [-0.3, -0.25) is 9.08 Å². The van der Waals surface area contributed by atoms with Crippen LogP contribution in [0.5, 0.6) is 0 Å². The third kappa shape index (κ3) is 5.14. The Morgan fingerprint density at radius 3 is 2.83 bits per heavy atom. The maximum absolute atomic E-state index is 10.7. The number of nitrogens with zero attached hydrogens (tertiary/aromatic N) is 1. The van der Waals surface area contributed by atoms with Gasteiger partial charge >= 0.3 is 0 Å². The molecule has 0 aromatic carbocycles. The monoisotopic (exact) mass is 276 g/mol. The topological polar surface area (TPSA) is 69.7 Å². The van der Waals surface area contributed by atoms with Crippen LogP contribution in [0.2, 0.25) is 0 Å². The minimum absolute atomic E-state index is 0.0875. The second-order valence-corrected chi connectivity index (χ2v) is 5.85. The van der Waals surface area contributed by atoms with E-state index in [9.17, 15) is 13.6 Å². The van der Waals surface area contributed by atoms with Crippen molar-refractivity contribution in [3.05, 3.63) is 0 Å². The van der Waals surface area contributed by atoms with Crippen LogP contribution in [0.25, 0.3) is 0 Å². The molecule has 0 radical (unpaired) electrons. The molecule has 1 rings (SSSR count). The van der Waals surface area contributed by atoms with E-state index in [1.54, 1.807) is 6.92 Å². The smallest absolute Gasteiger partial charge is 0.122 e. The van der Waals surface area contributed by atoms with Gasteiger partial charge in [-0.25, -0.2) is 4.21 Å². The van der Waals surface area contributed by atoms with E-state index >= 15 is 0 Å². The Balaban J connectivity index is 2.68. The Morgan fingerprint density at radius 2 is 2.22 bits per heavy atom. The summed E-state index contributed by atoms with van der Waals surface area (Å²) in [5.74, 6) is 0. The highest BCUT2D eigenvalue weighted by atomic mass is 32.2. The number of carbonyl (C=O) groups excluding carboxylic acids is 1. The fourth-order valence-electron chi connectivity index (χ4n) is 2.46. The normalized spacial score (nSPS) is 27.2. The van der Waals surface area contributed by atoms with Crippen molar-refractivity contribution < 1.29 is 17.7 Å². The lowest BCUT2D eigenvalue weighted by Gasteiger charge is -2.36. The first-order valence-electron chi connectivity index (χ1n) is 6.43. The third-order valence-corrected chi connectivity index (χ3v) is 4.05. The van der Waals surface area contributed by atoms with Crippen LogP contribution in [0.4, 0.5) is 0 Å². The van der Waals surface area contributed by atoms with Gasteiger partial charge in [0.05, 0.1) is 11.4 Å². The molecule has 6 heteroatoms. The Hall–Kier alpha value is -0.300. The molecule has 0 aliphatic carbocycles. The van der Waals surface area contributed by atoms with Crippen molar-refractivity contribution in [3.63, 3.8) is 0 Å². The molecule has 0 N–H and O–H groups in total. The van der Waals surface area contributed by atoms with Gasteiger partial charge in [0.25, 0.3) is 0 Å². The standard InChI is InChI=1S/C12H23NO4S/c1-11-6-4-3-5-8-13(11)10-12(2,7-9-14)17-18(15)16/h9,11H,3-8,10H2,1-2H3,(H,15,16)/p-1. The highest BCUT2D eigenvalue weighted by molar-refractivity contribution is 7.74. The Bertz CT molecular complexity index is 300. The van der Waals surface area contributed by atoms with E-state index in [4.69, 9.17) is 4.18 Å². The first kappa shape index (κ1) is 15.8. The molecular weight excluding hydrogens is 254 g/mol. The zero-order chi connectivity index (χ0) is 13.6. The van der Waals surface area contributed by atoms with Crippen LogP contribution in [0.1, 0.15) is 46.0 Å². The lowest BCUT2D eigenvalue weighted by Crippen LogP contribution is -2.47. The second kappa shape index (κ2) is 7.33. The largest absolute Gasteiger partial charge is 0.750 e. The van der Waals surface area contributed by atoms with Crippen molar-refractivity contribution in [2.24, 2.45) is 0 Å². The van der Waals surface area contributed by atoms with Crippen molar-refractivity contribution >= 4 is 17.6 Å². The summed E-state index contributed by atoms with van der Waals surface area (Å²) in [6.45, 7) is 5.22. The summed E-state index contributed by atoms with van der Waals surface area (Å²) >= 11 is -2.59. The average molecular weight is 276 g/mol. The van der Waals surface area contributed by atoms with Gasteiger partial charge in [-0.15, -0.1) is 0 Å². The first-order chi connectivity index (χ1) is 8.47. The highest BCUT2D eigenvalue weighted by Crippen LogP contribution is 2.23. The molecule has 5 nitrogen and oxygen atoms in total. The third-order valence-electron chi connectivity index (χ3n) is 3.51. The SMILES string of the molecule is CC1CCCCCN1CC(C)(CC=O)OS(=O)[O-]. The van der Waals surface area contributed by atoms with E-state index in [1.807, 2.05) is 0 Å². The van der Waals surface area contributed by atoms with E-state index in [1.165, 1.54) is 12.8 Å². The minimum atomic E-state index is -2.59.